The fourth-order valence-corrected chi connectivity index (χ4v) is 6.96. The zero-order valence-electron chi connectivity index (χ0n) is 22.9. The Morgan fingerprint density at radius 1 is 0.791 bits per heavy atom. The van der Waals surface area contributed by atoms with Crippen molar-refractivity contribution < 1.29 is 18.0 Å². The van der Waals surface area contributed by atoms with Gasteiger partial charge in [0.2, 0.25) is 11.8 Å². The van der Waals surface area contributed by atoms with E-state index >= 15 is 0 Å². The molecule has 1 unspecified atom stereocenters. The van der Waals surface area contributed by atoms with E-state index in [1.807, 2.05) is 30.3 Å². The molecule has 0 bridgehead atoms. The molecule has 12 heteroatoms. The van der Waals surface area contributed by atoms with Crippen molar-refractivity contribution in [1.29, 1.82) is 0 Å². The Hall–Kier alpha value is -3.27. The lowest BCUT2D eigenvalue weighted by atomic mass is 10.0. The van der Waals surface area contributed by atoms with E-state index in [1.54, 1.807) is 36.4 Å². The van der Waals surface area contributed by atoms with E-state index in [4.69, 9.17) is 46.4 Å². The lowest BCUT2D eigenvalue weighted by molar-refractivity contribution is -0.139. The Morgan fingerprint density at radius 2 is 1.35 bits per heavy atom. The normalized spacial score (nSPS) is 11.9. The van der Waals surface area contributed by atoms with Gasteiger partial charge in [-0.25, -0.2) is 8.42 Å². The maximum absolute atomic E-state index is 14.3. The lowest BCUT2D eigenvalue weighted by Gasteiger charge is -2.34. The summed E-state index contributed by atoms with van der Waals surface area (Å²) in [5, 5.41) is 3.55. The van der Waals surface area contributed by atoms with E-state index < -0.39 is 34.4 Å². The van der Waals surface area contributed by atoms with Crippen LogP contribution in [0.4, 0.5) is 5.69 Å². The van der Waals surface area contributed by atoms with Gasteiger partial charge in [0, 0.05) is 45.7 Å². The first-order valence-electron chi connectivity index (χ1n) is 13.0. The average molecular weight is 679 g/mol. The van der Waals surface area contributed by atoms with Crippen LogP contribution in [-0.4, -0.2) is 44.8 Å². The van der Waals surface area contributed by atoms with Gasteiger partial charge in [-0.3, -0.25) is 13.9 Å². The molecule has 4 aromatic rings. The molecule has 0 saturated carbocycles. The van der Waals surface area contributed by atoms with E-state index in [1.165, 1.54) is 42.3 Å². The van der Waals surface area contributed by atoms with Gasteiger partial charge in [0.1, 0.15) is 12.6 Å². The molecule has 0 aromatic heterocycles. The Morgan fingerprint density at radius 3 is 1.91 bits per heavy atom. The lowest BCUT2D eigenvalue weighted by Crippen LogP contribution is -2.53. The largest absolute Gasteiger partial charge is 0.357 e. The van der Waals surface area contributed by atoms with Crippen LogP contribution in [0, 0.1) is 0 Å². The fraction of sp³-hybridized carbons (Fsp3) is 0.161. The minimum atomic E-state index is -4.30. The average Bonchev–Trinajstić information content (AvgIpc) is 2.98. The summed E-state index contributed by atoms with van der Waals surface area (Å²) in [4.78, 5) is 28.9. The first-order valence-corrected chi connectivity index (χ1v) is 16.0. The van der Waals surface area contributed by atoms with E-state index in [0.29, 0.717) is 5.56 Å². The number of carbonyl (C=O) groups excluding carboxylic acids is 2. The number of hydrogen-bond acceptors (Lipinski definition) is 4. The molecule has 0 fully saturated rings. The molecule has 0 aliphatic heterocycles. The summed E-state index contributed by atoms with van der Waals surface area (Å²) in [6, 6.07) is 24.9. The number of rotatable bonds is 11. The molecule has 1 atom stereocenters. The first kappa shape index (κ1) is 32.6. The number of sulfonamides is 1. The molecule has 4 rings (SSSR count). The summed E-state index contributed by atoms with van der Waals surface area (Å²) in [7, 11) is -2.84. The molecule has 0 spiro atoms. The third-order valence-corrected chi connectivity index (χ3v) is 9.59. The summed E-state index contributed by atoms with van der Waals surface area (Å²) < 4.78 is 28.9. The molecule has 2 amide bonds. The van der Waals surface area contributed by atoms with E-state index in [2.05, 4.69) is 5.32 Å². The third-order valence-electron chi connectivity index (χ3n) is 6.65. The zero-order chi connectivity index (χ0) is 31.1. The minimum absolute atomic E-state index is 0.0493. The van der Waals surface area contributed by atoms with E-state index in [0.717, 1.165) is 9.87 Å². The highest BCUT2D eigenvalue weighted by Crippen LogP contribution is 2.31. The van der Waals surface area contributed by atoms with Crippen LogP contribution >= 0.6 is 46.4 Å². The number of nitrogens with one attached hydrogen (secondary N) is 1. The summed E-state index contributed by atoms with van der Waals surface area (Å²) in [5.41, 5.74) is 1.27. The van der Waals surface area contributed by atoms with Crippen LogP contribution in [0.5, 0.6) is 0 Å². The van der Waals surface area contributed by atoms with Crippen molar-refractivity contribution in [3.05, 3.63) is 128 Å². The second-order valence-corrected chi connectivity index (χ2v) is 13.0. The smallest absolute Gasteiger partial charge is 0.264 e. The predicted octanol–water partition coefficient (Wildman–Crippen LogP) is 6.88. The minimum Gasteiger partial charge on any atom is -0.357 e. The van der Waals surface area contributed by atoms with Gasteiger partial charge in [0.15, 0.2) is 0 Å². The second-order valence-electron chi connectivity index (χ2n) is 9.49. The summed E-state index contributed by atoms with van der Waals surface area (Å²) >= 11 is 25.5. The summed E-state index contributed by atoms with van der Waals surface area (Å²) in [6.45, 7) is -0.851. The van der Waals surface area contributed by atoms with Gasteiger partial charge < -0.3 is 10.2 Å². The Balaban J connectivity index is 1.84. The van der Waals surface area contributed by atoms with Gasteiger partial charge in [-0.2, -0.15) is 0 Å². The topological polar surface area (TPSA) is 86.8 Å². The van der Waals surface area contributed by atoms with E-state index in [-0.39, 0.29) is 43.6 Å². The number of benzene rings is 4. The second kappa shape index (κ2) is 14.5. The predicted molar refractivity (Wildman–Crippen MR) is 172 cm³/mol. The van der Waals surface area contributed by atoms with Crippen LogP contribution in [0.2, 0.25) is 20.1 Å². The van der Waals surface area contributed by atoms with Crippen LogP contribution in [0.15, 0.2) is 102 Å². The summed E-state index contributed by atoms with van der Waals surface area (Å²) in [6.07, 6.45) is 0.142. The highest BCUT2D eigenvalue weighted by molar-refractivity contribution is 7.92. The third kappa shape index (κ3) is 8.02. The van der Waals surface area contributed by atoms with Gasteiger partial charge in [-0.15, -0.1) is 0 Å². The van der Waals surface area contributed by atoms with Crippen LogP contribution in [0.25, 0.3) is 0 Å². The van der Waals surface area contributed by atoms with Gasteiger partial charge in [-0.05, 0) is 48.0 Å². The van der Waals surface area contributed by atoms with Crippen molar-refractivity contribution in [1.82, 2.24) is 10.2 Å². The molecule has 0 saturated heterocycles. The molecular weight excluding hydrogens is 652 g/mol. The van der Waals surface area contributed by atoms with Gasteiger partial charge >= 0.3 is 0 Å². The molecule has 1 N–H and O–H groups in total. The quantitative estimate of drug-likeness (QED) is 0.187. The van der Waals surface area contributed by atoms with Crippen molar-refractivity contribution in [3.63, 3.8) is 0 Å². The number of hydrogen-bond donors (Lipinski definition) is 1. The molecule has 0 aliphatic carbocycles. The van der Waals surface area contributed by atoms with Gasteiger partial charge in [0.05, 0.1) is 10.6 Å². The molecule has 7 nitrogen and oxygen atoms in total. The van der Waals surface area contributed by atoms with Gasteiger partial charge in [-0.1, -0.05) is 101 Å². The molecule has 0 radical (unpaired) electrons. The molecule has 224 valence electrons. The standard InChI is InChI=1S/C31H27Cl4N3O4S/c1-36-31(40)29(15-21-9-4-2-5-10-21)37(19-26-27(34)13-8-14-28(26)35)30(39)20-38(24-17-22(32)16-23(33)18-24)43(41,42)25-11-6-3-7-12-25/h2-14,16-18,29H,15,19-20H2,1H3,(H,36,40). The highest BCUT2D eigenvalue weighted by Gasteiger charge is 2.35. The van der Waals surface area contributed by atoms with Gasteiger partial charge in [0.25, 0.3) is 10.0 Å². The summed E-state index contributed by atoms with van der Waals surface area (Å²) in [5.74, 6) is -1.14. The molecule has 4 aromatic carbocycles. The highest BCUT2D eigenvalue weighted by atomic mass is 35.5. The molecule has 43 heavy (non-hydrogen) atoms. The van der Waals surface area contributed by atoms with Crippen molar-refractivity contribution in [2.24, 2.45) is 0 Å². The van der Waals surface area contributed by atoms with Crippen LogP contribution in [-0.2, 0) is 32.6 Å². The van der Waals surface area contributed by atoms with Crippen LogP contribution < -0.4 is 9.62 Å². The first-order chi connectivity index (χ1) is 20.5. The van der Waals surface area contributed by atoms with Crippen molar-refractivity contribution in [3.8, 4) is 0 Å². The monoisotopic (exact) mass is 677 g/mol. The number of nitrogens with zero attached hydrogens (tertiary/aromatic N) is 2. The number of likely N-dealkylation sites (N-methyl/N-ethyl adjacent to an activating group) is 1. The number of anilines is 1. The number of amides is 2. The molecule has 0 heterocycles. The maximum Gasteiger partial charge on any atom is 0.264 e. The maximum atomic E-state index is 14.3. The van der Waals surface area contributed by atoms with Crippen LogP contribution in [0.1, 0.15) is 11.1 Å². The Kier molecular flexibility index (Phi) is 11.0. The SMILES string of the molecule is CNC(=O)C(Cc1ccccc1)N(Cc1c(Cl)cccc1Cl)C(=O)CN(c1cc(Cl)cc(Cl)c1)S(=O)(=O)c1ccccc1. The van der Waals surface area contributed by atoms with E-state index in [9.17, 15) is 18.0 Å². The number of carbonyl (C=O) groups is 2. The van der Waals surface area contributed by atoms with Crippen molar-refractivity contribution in [2.45, 2.75) is 23.9 Å². The Bertz CT molecular complexity index is 1670. The Labute approximate surface area is 271 Å². The van der Waals surface area contributed by atoms with Crippen molar-refractivity contribution in [2.75, 3.05) is 17.9 Å². The van der Waals surface area contributed by atoms with Crippen molar-refractivity contribution >= 4 is 73.9 Å². The molecular formula is C31H27Cl4N3O4S. The zero-order valence-corrected chi connectivity index (χ0v) is 26.7. The molecule has 0 aliphatic rings. The number of halogens is 4. The fourth-order valence-electron chi connectivity index (χ4n) is 4.51. The van der Waals surface area contributed by atoms with Crippen LogP contribution in [0.3, 0.4) is 0 Å².